The molecule has 5 heteroatoms. The van der Waals surface area contributed by atoms with E-state index in [0.29, 0.717) is 17.3 Å². The molecular formula is C13H12BrN3O. The van der Waals surface area contributed by atoms with Crippen LogP contribution in [0.2, 0.25) is 0 Å². The molecule has 0 saturated carbocycles. The zero-order chi connectivity index (χ0) is 12.7. The lowest BCUT2D eigenvalue weighted by Gasteiger charge is -1.97. The number of imidazole rings is 1. The Morgan fingerprint density at radius 1 is 1.33 bits per heavy atom. The molecule has 0 saturated heterocycles. The molecule has 0 aromatic carbocycles. The van der Waals surface area contributed by atoms with E-state index in [9.17, 15) is 0 Å². The molecule has 0 aliphatic heterocycles. The van der Waals surface area contributed by atoms with E-state index in [4.69, 9.17) is 10.2 Å². The number of hydrogen-bond acceptors (Lipinski definition) is 3. The molecule has 0 atom stereocenters. The standard InChI is InChI=1S/C13H12BrN3O/c1-2-9-4-5-10(18-9)12-13(15)17-7-8(14)3-6-11(17)16-12/h3-7H,2,15H2,1H3. The number of rotatable bonds is 2. The monoisotopic (exact) mass is 305 g/mol. The van der Waals surface area contributed by atoms with Crippen LogP contribution >= 0.6 is 15.9 Å². The Bertz CT molecular complexity index is 714. The third-order valence-corrected chi connectivity index (χ3v) is 3.33. The predicted octanol–water partition coefficient (Wildman–Crippen LogP) is 3.50. The first-order valence-corrected chi connectivity index (χ1v) is 6.50. The molecule has 3 aromatic rings. The van der Waals surface area contributed by atoms with Gasteiger partial charge in [0.2, 0.25) is 0 Å². The molecule has 0 radical (unpaired) electrons. The highest BCUT2D eigenvalue weighted by Gasteiger charge is 2.14. The zero-order valence-electron chi connectivity index (χ0n) is 9.85. The number of nitrogens with zero attached hydrogens (tertiary/aromatic N) is 2. The van der Waals surface area contributed by atoms with Gasteiger partial charge in [-0.05, 0) is 40.2 Å². The summed E-state index contributed by atoms with van der Waals surface area (Å²) in [5.74, 6) is 2.23. The van der Waals surface area contributed by atoms with Gasteiger partial charge < -0.3 is 10.2 Å². The highest BCUT2D eigenvalue weighted by molar-refractivity contribution is 9.10. The quantitative estimate of drug-likeness (QED) is 0.788. The second-order valence-electron chi connectivity index (χ2n) is 4.04. The van der Waals surface area contributed by atoms with Gasteiger partial charge in [-0.15, -0.1) is 0 Å². The number of fused-ring (bicyclic) bond motifs is 1. The number of aryl methyl sites for hydroxylation is 1. The van der Waals surface area contributed by atoms with Gasteiger partial charge in [-0.2, -0.15) is 0 Å². The van der Waals surface area contributed by atoms with Gasteiger partial charge in [0.15, 0.2) is 5.76 Å². The van der Waals surface area contributed by atoms with E-state index in [0.717, 1.165) is 22.3 Å². The third-order valence-electron chi connectivity index (χ3n) is 2.86. The van der Waals surface area contributed by atoms with Crippen molar-refractivity contribution < 1.29 is 4.42 Å². The van der Waals surface area contributed by atoms with Crippen molar-refractivity contribution in [3.8, 4) is 11.5 Å². The van der Waals surface area contributed by atoms with Crippen molar-refractivity contribution >= 4 is 27.4 Å². The van der Waals surface area contributed by atoms with Crippen molar-refractivity contribution in [2.45, 2.75) is 13.3 Å². The van der Waals surface area contributed by atoms with Crippen LogP contribution in [0.4, 0.5) is 5.82 Å². The summed E-state index contributed by atoms with van der Waals surface area (Å²) in [6.45, 7) is 2.05. The number of halogens is 1. The maximum absolute atomic E-state index is 6.11. The molecule has 3 rings (SSSR count). The molecule has 18 heavy (non-hydrogen) atoms. The summed E-state index contributed by atoms with van der Waals surface area (Å²) in [7, 11) is 0. The average Bonchev–Trinajstić information content (AvgIpc) is 2.95. The van der Waals surface area contributed by atoms with Crippen LogP contribution in [0.3, 0.4) is 0 Å². The number of pyridine rings is 1. The van der Waals surface area contributed by atoms with Crippen LogP contribution < -0.4 is 5.73 Å². The summed E-state index contributed by atoms with van der Waals surface area (Å²) in [5.41, 5.74) is 7.60. The van der Waals surface area contributed by atoms with Crippen molar-refractivity contribution in [3.05, 3.63) is 40.7 Å². The van der Waals surface area contributed by atoms with E-state index >= 15 is 0 Å². The third kappa shape index (κ3) is 1.71. The van der Waals surface area contributed by atoms with Crippen molar-refractivity contribution in [2.75, 3.05) is 5.73 Å². The summed E-state index contributed by atoms with van der Waals surface area (Å²) in [6.07, 6.45) is 2.75. The Labute approximate surface area is 113 Å². The van der Waals surface area contributed by atoms with Gasteiger partial charge in [0.05, 0.1) is 0 Å². The molecular weight excluding hydrogens is 294 g/mol. The summed E-state index contributed by atoms with van der Waals surface area (Å²) in [4.78, 5) is 4.49. The van der Waals surface area contributed by atoms with Gasteiger partial charge in [0.1, 0.15) is 22.9 Å². The molecule has 0 amide bonds. The van der Waals surface area contributed by atoms with E-state index in [1.165, 1.54) is 0 Å². The SMILES string of the molecule is CCc1ccc(-c2nc3ccc(Br)cn3c2N)o1. The number of aromatic nitrogens is 2. The maximum atomic E-state index is 6.11. The van der Waals surface area contributed by atoms with Crippen LogP contribution in [0, 0.1) is 0 Å². The molecule has 0 fully saturated rings. The van der Waals surface area contributed by atoms with Crippen LogP contribution in [-0.2, 0) is 6.42 Å². The van der Waals surface area contributed by atoms with Crippen LogP contribution in [0.25, 0.3) is 17.1 Å². The van der Waals surface area contributed by atoms with Gasteiger partial charge in [-0.1, -0.05) is 6.92 Å². The van der Waals surface area contributed by atoms with E-state index in [1.807, 2.05) is 41.8 Å². The van der Waals surface area contributed by atoms with Crippen LogP contribution in [0.5, 0.6) is 0 Å². The molecule has 0 unspecified atom stereocenters. The van der Waals surface area contributed by atoms with E-state index in [-0.39, 0.29) is 0 Å². The van der Waals surface area contributed by atoms with Crippen LogP contribution in [-0.4, -0.2) is 9.38 Å². The van der Waals surface area contributed by atoms with Gasteiger partial charge in [0.25, 0.3) is 0 Å². The van der Waals surface area contributed by atoms with Gasteiger partial charge in [-0.3, -0.25) is 4.40 Å². The summed E-state index contributed by atoms with van der Waals surface area (Å²) in [5, 5.41) is 0. The predicted molar refractivity (Wildman–Crippen MR) is 74.4 cm³/mol. The lowest BCUT2D eigenvalue weighted by molar-refractivity contribution is 0.528. The zero-order valence-corrected chi connectivity index (χ0v) is 11.4. The second kappa shape index (κ2) is 4.17. The Kier molecular flexibility index (Phi) is 2.63. The average molecular weight is 306 g/mol. The fourth-order valence-corrected chi connectivity index (χ4v) is 2.25. The number of nitrogens with two attached hydrogens (primary N) is 1. The molecule has 0 bridgehead atoms. The normalized spacial score (nSPS) is 11.2. The highest BCUT2D eigenvalue weighted by atomic mass is 79.9. The fourth-order valence-electron chi connectivity index (χ4n) is 1.91. The Hall–Kier alpha value is -1.75. The Morgan fingerprint density at radius 3 is 2.89 bits per heavy atom. The molecule has 0 aliphatic carbocycles. The van der Waals surface area contributed by atoms with E-state index < -0.39 is 0 Å². The number of nitrogen functional groups attached to an aromatic ring is 1. The second-order valence-corrected chi connectivity index (χ2v) is 4.96. The van der Waals surface area contributed by atoms with Gasteiger partial charge in [-0.25, -0.2) is 4.98 Å². The lowest BCUT2D eigenvalue weighted by Crippen LogP contribution is -1.93. The molecule has 92 valence electrons. The summed E-state index contributed by atoms with van der Waals surface area (Å²) in [6, 6.07) is 7.71. The van der Waals surface area contributed by atoms with Gasteiger partial charge in [0, 0.05) is 17.1 Å². The summed E-state index contributed by atoms with van der Waals surface area (Å²) >= 11 is 3.42. The van der Waals surface area contributed by atoms with E-state index in [1.54, 1.807) is 0 Å². The molecule has 3 aromatic heterocycles. The first kappa shape index (κ1) is 11.3. The minimum Gasteiger partial charge on any atom is -0.459 e. The Morgan fingerprint density at radius 2 is 2.17 bits per heavy atom. The van der Waals surface area contributed by atoms with Crippen LogP contribution in [0.15, 0.2) is 39.4 Å². The first-order chi connectivity index (χ1) is 8.69. The molecule has 0 spiro atoms. The number of hydrogen-bond donors (Lipinski definition) is 1. The molecule has 2 N–H and O–H groups in total. The van der Waals surface area contributed by atoms with Crippen molar-refractivity contribution in [2.24, 2.45) is 0 Å². The van der Waals surface area contributed by atoms with Crippen molar-refractivity contribution in [1.82, 2.24) is 9.38 Å². The maximum Gasteiger partial charge on any atom is 0.156 e. The first-order valence-electron chi connectivity index (χ1n) is 5.71. The lowest BCUT2D eigenvalue weighted by atomic mass is 10.3. The van der Waals surface area contributed by atoms with Gasteiger partial charge >= 0.3 is 0 Å². The highest BCUT2D eigenvalue weighted by Crippen LogP contribution is 2.29. The number of anilines is 1. The molecule has 4 nitrogen and oxygen atoms in total. The minimum absolute atomic E-state index is 0.586. The molecule has 3 heterocycles. The number of furan rings is 1. The minimum atomic E-state index is 0.586. The molecule has 0 aliphatic rings. The fraction of sp³-hybridized carbons (Fsp3) is 0.154. The van der Waals surface area contributed by atoms with Crippen molar-refractivity contribution in [3.63, 3.8) is 0 Å². The Balaban J connectivity index is 2.20. The largest absolute Gasteiger partial charge is 0.459 e. The topological polar surface area (TPSA) is 56.5 Å². The summed E-state index contributed by atoms with van der Waals surface area (Å²) < 4.78 is 8.49. The van der Waals surface area contributed by atoms with Crippen molar-refractivity contribution in [1.29, 1.82) is 0 Å². The van der Waals surface area contributed by atoms with E-state index in [2.05, 4.69) is 20.9 Å². The van der Waals surface area contributed by atoms with Crippen LogP contribution in [0.1, 0.15) is 12.7 Å². The smallest absolute Gasteiger partial charge is 0.156 e.